The van der Waals surface area contributed by atoms with Gasteiger partial charge in [-0.15, -0.1) is 0 Å². The molecule has 2 aromatic rings. The van der Waals surface area contributed by atoms with Crippen molar-refractivity contribution in [3.8, 4) is 5.82 Å². The lowest BCUT2D eigenvalue weighted by Crippen LogP contribution is -2.03. The minimum absolute atomic E-state index is 0.185. The topological polar surface area (TPSA) is 68.0 Å². The van der Waals surface area contributed by atoms with Gasteiger partial charge in [0.15, 0.2) is 5.82 Å². The van der Waals surface area contributed by atoms with Crippen LogP contribution < -0.4 is 0 Å². The highest BCUT2D eigenvalue weighted by molar-refractivity contribution is 9.10. The predicted molar refractivity (Wildman–Crippen MR) is 60.8 cm³/mol. The highest BCUT2D eigenvalue weighted by atomic mass is 79.9. The molecule has 2 rings (SSSR count). The van der Waals surface area contributed by atoms with Crippen LogP contribution in [0.3, 0.4) is 0 Å². The Hall–Kier alpha value is -1.69. The number of rotatable bonds is 2. The number of aromatic nitrogens is 3. The van der Waals surface area contributed by atoms with Gasteiger partial charge in [0, 0.05) is 10.7 Å². The number of nitrogens with zero attached hydrogens (tertiary/aromatic N) is 3. The monoisotopic (exact) mass is 281 g/mol. The Kier molecular flexibility index (Phi) is 2.74. The number of hydrogen-bond acceptors (Lipinski definition) is 3. The van der Waals surface area contributed by atoms with Crippen molar-refractivity contribution in [2.45, 2.75) is 6.92 Å². The third-order valence-corrected chi connectivity index (χ3v) is 2.64. The molecular formula is C10H8BrN3O2. The van der Waals surface area contributed by atoms with E-state index in [4.69, 9.17) is 5.11 Å². The Bertz CT molecular complexity index is 533. The van der Waals surface area contributed by atoms with E-state index in [1.165, 1.54) is 10.9 Å². The molecule has 0 amide bonds. The normalized spacial score (nSPS) is 10.4. The molecule has 0 unspecified atom stereocenters. The fraction of sp³-hybridized carbons (Fsp3) is 0.100. The summed E-state index contributed by atoms with van der Waals surface area (Å²) in [5, 5.41) is 12.9. The van der Waals surface area contributed by atoms with E-state index in [0.29, 0.717) is 11.5 Å². The maximum atomic E-state index is 10.8. The number of hydrogen-bond donors (Lipinski definition) is 1. The van der Waals surface area contributed by atoms with Crippen molar-refractivity contribution in [1.82, 2.24) is 14.8 Å². The summed E-state index contributed by atoms with van der Waals surface area (Å²) in [5.41, 5.74) is 0.743. The molecule has 2 aromatic heterocycles. The number of carbonyl (C=O) groups is 1. The predicted octanol–water partition coefficient (Wildman–Crippen LogP) is 2.04. The second-order valence-electron chi connectivity index (χ2n) is 3.20. The number of carboxylic acid groups (broad SMARTS) is 1. The lowest BCUT2D eigenvalue weighted by molar-refractivity contribution is 0.0696. The van der Waals surface area contributed by atoms with Crippen LogP contribution in [-0.4, -0.2) is 25.8 Å². The minimum Gasteiger partial charge on any atom is -0.478 e. The fourth-order valence-electron chi connectivity index (χ4n) is 1.34. The van der Waals surface area contributed by atoms with Gasteiger partial charge in [-0.2, -0.15) is 5.10 Å². The van der Waals surface area contributed by atoms with Crippen LogP contribution in [0.5, 0.6) is 0 Å². The summed E-state index contributed by atoms with van der Waals surface area (Å²) < 4.78 is 2.36. The first kappa shape index (κ1) is 10.8. The summed E-state index contributed by atoms with van der Waals surface area (Å²) in [6.07, 6.45) is 2.96. The van der Waals surface area contributed by atoms with Crippen molar-refractivity contribution in [3.63, 3.8) is 0 Å². The molecule has 0 aliphatic carbocycles. The maximum absolute atomic E-state index is 10.8. The van der Waals surface area contributed by atoms with Crippen LogP contribution in [-0.2, 0) is 0 Å². The van der Waals surface area contributed by atoms with Gasteiger partial charge >= 0.3 is 5.97 Å². The Labute approximate surface area is 99.9 Å². The summed E-state index contributed by atoms with van der Waals surface area (Å²) in [6, 6.07) is 3.58. The first-order chi connectivity index (χ1) is 7.59. The highest BCUT2D eigenvalue weighted by Gasteiger charge is 2.13. The van der Waals surface area contributed by atoms with Crippen LogP contribution in [0.2, 0.25) is 0 Å². The summed E-state index contributed by atoms with van der Waals surface area (Å²) in [6.45, 7) is 1.69. The van der Waals surface area contributed by atoms with Crippen LogP contribution in [0.25, 0.3) is 5.82 Å². The van der Waals surface area contributed by atoms with Crippen molar-refractivity contribution in [2.75, 3.05) is 0 Å². The summed E-state index contributed by atoms with van der Waals surface area (Å²) >= 11 is 3.28. The quantitative estimate of drug-likeness (QED) is 0.915. The summed E-state index contributed by atoms with van der Waals surface area (Å²) in [4.78, 5) is 15.0. The van der Waals surface area contributed by atoms with Crippen molar-refractivity contribution in [3.05, 3.63) is 40.3 Å². The molecule has 0 fully saturated rings. The van der Waals surface area contributed by atoms with E-state index in [2.05, 4.69) is 26.0 Å². The van der Waals surface area contributed by atoms with E-state index >= 15 is 0 Å². The van der Waals surface area contributed by atoms with Crippen LogP contribution in [0, 0.1) is 6.92 Å². The maximum Gasteiger partial charge on any atom is 0.339 e. The summed E-state index contributed by atoms with van der Waals surface area (Å²) in [7, 11) is 0. The number of carboxylic acids is 1. The molecule has 0 aliphatic heterocycles. The van der Waals surface area contributed by atoms with E-state index in [9.17, 15) is 4.79 Å². The van der Waals surface area contributed by atoms with E-state index in [-0.39, 0.29) is 5.56 Å². The van der Waals surface area contributed by atoms with Crippen LogP contribution in [0.4, 0.5) is 0 Å². The van der Waals surface area contributed by atoms with Crippen molar-refractivity contribution < 1.29 is 9.90 Å². The van der Waals surface area contributed by atoms with Gasteiger partial charge in [-0.05, 0) is 35.0 Å². The number of aromatic carboxylic acids is 1. The van der Waals surface area contributed by atoms with Gasteiger partial charge in [0.05, 0.1) is 11.9 Å². The Morgan fingerprint density at radius 2 is 2.19 bits per heavy atom. The van der Waals surface area contributed by atoms with Crippen LogP contribution >= 0.6 is 15.9 Å². The first-order valence-corrected chi connectivity index (χ1v) is 5.28. The van der Waals surface area contributed by atoms with Gasteiger partial charge < -0.3 is 5.11 Å². The minimum atomic E-state index is -0.985. The van der Waals surface area contributed by atoms with E-state index in [1.54, 1.807) is 19.2 Å². The molecule has 16 heavy (non-hydrogen) atoms. The zero-order valence-corrected chi connectivity index (χ0v) is 9.97. The molecule has 0 aliphatic rings. The molecule has 6 heteroatoms. The van der Waals surface area contributed by atoms with Crippen molar-refractivity contribution in [2.24, 2.45) is 0 Å². The van der Waals surface area contributed by atoms with E-state index in [1.807, 2.05) is 6.07 Å². The molecule has 2 heterocycles. The van der Waals surface area contributed by atoms with Gasteiger partial charge in [0.2, 0.25) is 0 Å². The average Bonchev–Trinajstić information content (AvgIpc) is 2.61. The standard InChI is InChI=1S/C10H8BrN3O2/c1-6-8(10(15)16)5-13-14(6)9-3-2-7(11)4-12-9/h2-5H,1H3,(H,15,16). The first-order valence-electron chi connectivity index (χ1n) is 4.49. The number of pyridine rings is 1. The Morgan fingerprint density at radius 3 is 2.69 bits per heavy atom. The van der Waals surface area contributed by atoms with Gasteiger partial charge in [-0.3, -0.25) is 0 Å². The fourth-order valence-corrected chi connectivity index (χ4v) is 1.58. The highest BCUT2D eigenvalue weighted by Crippen LogP contribution is 2.14. The molecule has 0 bridgehead atoms. The van der Waals surface area contributed by atoms with Gasteiger partial charge in [0.1, 0.15) is 5.56 Å². The molecule has 0 atom stereocenters. The molecule has 0 saturated heterocycles. The van der Waals surface area contributed by atoms with Gasteiger partial charge in [-0.25, -0.2) is 14.5 Å². The van der Waals surface area contributed by atoms with E-state index < -0.39 is 5.97 Å². The SMILES string of the molecule is Cc1c(C(=O)O)cnn1-c1ccc(Br)cn1. The zero-order chi connectivity index (χ0) is 11.7. The van der Waals surface area contributed by atoms with Crippen LogP contribution in [0.1, 0.15) is 16.1 Å². The van der Waals surface area contributed by atoms with E-state index in [0.717, 1.165) is 4.47 Å². The van der Waals surface area contributed by atoms with Gasteiger partial charge in [-0.1, -0.05) is 0 Å². The average molecular weight is 282 g/mol. The Morgan fingerprint density at radius 1 is 1.44 bits per heavy atom. The van der Waals surface area contributed by atoms with Crippen molar-refractivity contribution >= 4 is 21.9 Å². The zero-order valence-electron chi connectivity index (χ0n) is 8.38. The van der Waals surface area contributed by atoms with Crippen molar-refractivity contribution in [1.29, 1.82) is 0 Å². The largest absolute Gasteiger partial charge is 0.478 e. The lowest BCUT2D eigenvalue weighted by Gasteiger charge is -2.03. The molecule has 82 valence electrons. The smallest absolute Gasteiger partial charge is 0.339 e. The molecule has 5 nitrogen and oxygen atoms in total. The number of halogens is 1. The second-order valence-corrected chi connectivity index (χ2v) is 4.11. The molecule has 1 N–H and O–H groups in total. The second kappa shape index (κ2) is 4.05. The molecule has 0 radical (unpaired) electrons. The molecule has 0 saturated carbocycles. The van der Waals surface area contributed by atoms with Crippen LogP contribution in [0.15, 0.2) is 29.0 Å². The summed E-state index contributed by atoms with van der Waals surface area (Å²) in [5.74, 6) is -0.394. The Balaban J connectivity index is 2.49. The third-order valence-electron chi connectivity index (χ3n) is 2.17. The molecular weight excluding hydrogens is 274 g/mol. The third kappa shape index (κ3) is 1.83. The lowest BCUT2D eigenvalue weighted by atomic mass is 10.3. The molecule has 0 spiro atoms. The molecule has 0 aromatic carbocycles. The van der Waals surface area contributed by atoms with Gasteiger partial charge in [0.25, 0.3) is 0 Å².